The van der Waals surface area contributed by atoms with E-state index in [1.807, 2.05) is 5.32 Å². The number of carbonyl (C=O) groups is 3. The fourth-order valence-electron chi connectivity index (χ4n) is 1.42. The van der Waals surface area contributed by atoms with Gasteiger partial charge >= 0.3 is 11.9 Å². The number of esters is 1. The largest absolute Gasteiger partial charge is 0.507 e. The van der Waals surface area contributed by atoms with Gasteiger partial charge in [0.2, 0.25) is 0 Å². The van der Waals surface area contributed by atoms with Crippen LogP contribution in [0.4, 0.5) is 4.39 Å². The molecule has 3 N–H and O–H groups in total. The Hall–Kier alpha value is -2.64. The molecule has 0 spiro atoms. The quantitative estimate of drug-likeness (QED) is 0.670. The van der Waals surface area contributed by atoms with Crippen LogP contribution in [0.2, 0.25) is 0 Å². The molecule has 1 amide bonds. The smallest absolute Gasteiger partial charge is 0.326 e. The van der Waals surface area contributed by atoms with E-state index in [4.69, 9.17) is 5.11 Å². The van der Waals surface area contributed by atoms with Gasteiger partial charge in [-0.3, -0.25) is 9.59 Å². The first kappa shape index (κ1) is 15.4. The molecule has 0 unspecified atom stereocenters. The van der Waals surface area contributed by atoms with E-state index >= 15 is 0 Å². The van der Waals surface area contributed by atoms with E-state index in [0.717, 1.165) is 19.2 Å². The Bertz CT molecular complexity index is 524. The van der Waals surface area contributed by atoms with Crippen LogP contribution in [0.15, 0.2) is 18.2 Å². The Morgan fingerprint density at radius 2 is 2.05 bits per heavy atom. The first-order valence-corrected chi connectivity index (χ1v) is 5.44. The van der Waals surface area contributed by atoms with Gasteiger partial charge in [0, 0.05) is 0 Å². The number of phenols is 1. The molecule has 0 fully saturated rings. The van der Waals surface area contributed by atoms with Crippen molar-refractivity contribution < 1.29 is 33.7 Å². The number of amides is 1. The zero-order valence-electron chi connectivity index (χ0n) is 10.4. The van der Waals surface area contributed by atoms with Crippen molar-refractivity contribution in [2.45, 2.75) is 12.5 Å². The number of aliphatic carboxylic acids is 1. The number of carboxylic acids is 1. The minimum Gasteiger partial charge on any atom is -0.507 e. The summed E-state index contributed by atoms with van der Waals surface area (Å²) in [4.78, 5) is 33.7. The number of phenolic OH excluding ortho intramolecular Hbond substituents is 1. The van der Waals surface area contributed by atoms with Crippen molar-refractivity contribution in [2.75, 3.05) is 7.11 Å². The van der Waals surface area contributed by atoms with Crippen molar-refractivity contribution >= 4 is 17.8 Å². The molecule has 1 aromatic carbocycles. The van der Waals surface area contributed by atoms with E-state index < -0.39 is 47.4 Å². The number of ether oxygens (including phenoxy) is 1. The summed E-state index contributed by atoms with van der Waals surface area (Å²) in [5, 5.41) is 20.2. The predicted molar refractivity (Wildman–Crippen MR) is 63.6 cm³/mol. The lowest BCUT2D eigenvalue weighted by Gasteiger charge is -2.14. The second-order valence-electron chi connectivity index (χ2n) is 3.78. The number of hydrogen-bond donors (Lipinski definition) is 3. The summed E-state index contributed by atoms with van der Waals surface area (Å²) in [6.07, 6.45) is -0.618. The van der Waals surface area contributed by atoms with Gasteiger partial charge in [0.05, 0.1) is 13.5 Å². The van der Waals surface area contributed by atoms with Crippen LogP contribution in [-0.4, -0.2) is 41.2 Å². The van der Waals surface area contributed by atoms with Crippen LogP contribution in [0, 0.1) is 5.82 Å². The number of carbonyl (C=O) groups excluding carboxylic acids is 2. The molecule has 0 heterocycles. The van der Waals surface area contributed by atoms with E-state index in [1.54, 1.807) is 0 Å². The topological polar surface area (TPSA) is 113 Å². The van der Waals surface area contributed by atoms with Crippen LogP contribution < -0.4 is 5.32 Å². The molecule has 7 nitrogen and oxygen atoms in total. The molecule has 0 aromatic heterocycles. The first-order valence-electron chi connectivity index (χ1n) is 5.44. The number of nitrogens with one attached hydrogen (secondary N) is 1. The third-order valence-electron chi connectivity index (χ3n) is 2.42. The van der Waals surface area contributed by atoms with E-state index in [9.17, 15) is 23.9 Å². The monoisotopic (exact) mass is 285 g/mol. The normalized spacial score (nSPS) is 11.5. The maximum Gasteiger partial charge on any atom is 0.326 e. The second-order valence-corrected chi connectivity index (χ2v) is 3.78. The molecular weight excluding hydrogens is 273 g/mol. The lowest BCUT2D eigenvalue weighted by molar-refractivity contribution is -0.147. The molecule has 0 radical (unpaired) electrons. The summed E-state index contributed by atoms with van der Waals surface area (Å²) < 4.78 is 17.7. The molecular formula is C12H12FNO6. The van der Waals surface area contributed by atoms with Gasteiger partial charge < -0.3 is 20.3 Å². The SMILES string of the molecule is COC(=O)C[C@H](NC(=O)c1c(O)cccc1F)C(=O)O. The van der Waals surface area contributed by atoms with Crippen molar-refractivity contribution in [2.24, 2.45) is 0 Å². The van der Waals surface area contributed by atoms with Crippen molar-refractivity contribution in [1.29, 1.82) is 0 Å². The van der Waals surface area contributed by atoms with Gasteiger partial charge in [-0.25, -0.2) is 9.18 Å². The molecule has 20 heavy (non-hydrogen) atoms. The number of benzene rings is 1. The summed E-state index contributed by atoms with van der Waals surface area (Å²) in [6.45, 7) is 0. The van der Waals surface area contributed by atoms with Gasteiger partial charge in [0.15, 0.2) is 0 Å². The molecule has 1 aromatic rings. The molecule has 1 rings (SSSR count). The molecule has 8 heteroatoms. The highest BCUT2D eigenvalue weighted by atomic mass is 19.1. The van der Waals surface area contributed by atoms with Gasteiger partial charge in [-0.1, -0.05) is 6.07 Å². The third kappa shape index (κ3) is 3.67. The minimum absolute atomic E-state index is 0.618. The van der Waals surface area contributed by atoms with Crippen LogP contribution in [0.1, 0.15) is 16.8 Å². The van der Waals surface area contributed by atoms with Crippen LogP contribution in [0.25, 0.3) is 0 Å². The zero-order chi connectivity index (χ0) is 15.3. The van der Waals surface area contributed by atoms with E-state index in [2.05, 4.69) is 4.74 Å². The maximum atomic E-state index is 13.4. The fourth-order valence-corrected chi connectivity index (χ4v) is 1.42. The van der Waals surface area contributed by atoms with Gasteiger partial charge in [0.1, 0.15) is 23.2 Å². The number of methoxy groups -OCH3 is 1. The molecule has 0 saturated carbocycles. The number of aromatic hydroxyl groups is 1. The Balaban J connectivity index is 2.91. The Kier molecular flexibility index (Phi) is 5.01. The van der Waals surface area contributed by atoms with Crippen molar-refractivity contribution in [3.63, 3.8) is 0 Å². The van der Waals surface area contributed by atoms with Gasteiger partial charge in [-0.05, 0) is 12.1 Å². The second kappa shape index (κ2) is 6.50. The predicted octanol–water partition coefficient (Wildman–Crippen LogP) is 0.277. The van der Waals surface area contributed by atoms with Crippen LogP contribution in [-0.2, 0) is 14.3 Å². The fraction of sp³-hybridized carbons (Fsp3) is 0.250. The van der Waals surface area contributed by atoms with E-state index in [1.165, 1.54) is 6.07 Å². The number of hydrogen-bond acceptors (Lipinski definition) is 5. The first-order chi connectivity index (χ1) is 9.36. The summed E-state index contributed by atoms with van der Waals surface area (Å²) in [7, 11) is 1.06. The van der Waals surface area contributed by atoms with Crippen molar-refractivity contribution in [1.82, 2.24) is 5.32 Å². The van der Waals surface area contributed by atoms with Crippen LogP contribution in [0.5, 0.6) is 5.75 Å². The standard InChI is InChI=1S/C12H12FNO6/c1-20-9(16)5-7(12(18)19)14-11(17)10-6(13)3-2-4-8(10)15/h2-4,7,15H,5H2,1H3,(H,14,17)(H,18,19)/t7-/m0/s1. The highest BCUT2D eigenvalue weighted by Crippen LogP contribution is 2.19. The van der Waals surface area contributed by atoms with Gasteiger partial charge in [0.25, 0.3) is 5.91 Å². The number of halogens is 1. The molecule has 0 aliphatic heterocycles. The highest BCUT2D eigenvalue weighted by Gasteiger charge is 2.26. The average Bonchev–Trinajstić information content (AvgIpc) is 2.37. The van der Waals surface area contributed by atoms with E-state index in [-0.39, 0.29) is 0 Å². The van der Waals surface area contributed by atoms with E-state index in [0.29, 0.717) is 0 Å². The molecule has 0 saturated heterocycles. The Morgan fingerprint density at radius 1 is 1.40 bits per heavy atom. The summed E-state index contributed by atoms with van der Waals surface area (Å²) in [6, 6.07) is 1.61. The van der Waals surface area contributed by atoms with Gasteiger partial charge in [-0.15, -0.1) is 0 Å². The Morgan fingerprint density at radius 3 is 2.55 bits per heavy atom. The summed E-state index contributed by atoms with van der Waals surface area (Å²) in [5.74, 6) is -5.12. The summed E-state index contributed by atoms with van der Waals surface area (Å²) >= 11 is 0. The van der Waals surface area contributed by atoms with Crippen molar-refractivity contribution in [3.05, 3.63) is 29.6 Å². The summed E-state index contributed by atoms with van der Waals surface area (Å²) in [5.41, 5.74) is -0.691. The molecule has 0 aliphatic rings. The number of carboxylic acid groups (broad SMARTS) is 1. The third-order valence-corrected chi connectivity index (χ3v) is 2.42. The molecule has 0 bridgehead atoms. The lowest BCUT2D eigenvalue weighted by atomic mass is 10.1. The molecule has 0 aliphatic carbocycles. The maximum absolute atomic E-state index is 13.4. The van der Waals surface area contributed by atoms with Crippen LogP contribution in [0.3, 0.4) is 0 Å². The van der Waals surface area contributed by atoms with Crippen LogP contribution >= 0.6 is 0 Å². The molecule has 1 atom stereocenters. The average molecular weight is 285 g/mol. The lowest BCUT2D eigenvalue weighted by Crippen LogP contribution is -2.42. The van der Waals surface area contributed by atoms with Gasteiger partial charge in [-0.2, -0.15) is 0 Å². The minimum atomic E-state index is -1.59. The highest BCUT2D eigenvalue weighted by molar-refractivity contribution is 5.99. The zero-order valence-corrected chi connectivity index (χ0v) is 10.4. The molecule has 108 valence electrons. The van der Waals surface area contributed by atoms with Crippen molar-refractivity contribution in [3.8, 4) is 5.75 Å². The Labute approximate surface area is 113 Å². The number of rotatable bonds is 5.